The Hall–Kier alpha value is -2.20. The summed E-state index contributed by atoms with van der Waals surface area (Å²) in [6.45, 7) is 0. The molecule has 0 bridgehead atoms. The summed E-state index contributed by atoms with van der Waals surface area (Å²) >= 11 is 0. The van der Waals surface area contributed by atoms with Gasteiger partial charge in [-0.15, -0.1) is 0 Å². The van der Waals surface area contributed by atoms with Gasteiger partial charge in [0.25, 0.3) is 0 Å². The fourth-order valence-corrected chi connectivity index (χ4v) is 2.30. The van der Waals surface area contributed by atoms with Gasteiger partial charge in [-0.2, -0.15) is 0 Å². The third-order valence-corrected chi connectivity index (χ3v) is 3.41. The van der Waals surface area contributed by atoms with E-state index in [4.69, 9.17) is 19.9 Å². The van der Waals surface area contributed by atoms with Gasteiger partial charge in [-0.05, 0) is 29.7 Å². The van der Waals surface area contributed by atoms with Gasteiger partial charge in [0, 0.05) is 6.04 Å². The predicted octanol–water partition coefficient (Wildman–Crippen LogP) is 2.95. The molecule has 2 rings (SSSR count). The molecule has 0 amide bonds. The molecule has 0 saturated heterocycles. The quantitative estimate of drug-likeness (QED) is 0.887. The Balaban J connectivity index is 2.30. The van der Waals surface area contributed by atoms with Crippen molar-refractivity contribution in [2.24, 2.45) is 5.73 Å². The fraction of sp³-hybridized carbons (Fsp3) is 0.294. The van der Waals surface area contributed by atoms with E-state index in [1.807, 2.05) is 30.3 Å². The molecule has 1 unspecified atom stereocenters. The van der Waals surface area contributed by atoms with Crippen LogP contribution in [0.5, 0.6) is 17.2 Å². The first-order chi connectivity index (χ1) is 10.2. The molecule has 2 N–H and O–H groups in total. The van der Waals surface area contributed by atoms with Gasteiger partial charge in [0.15, 0.2) is 11.5 Å². The summed E-state index contributed by atoms with van der Waals surface area (Å²) in [7, 11) is 4.79. The summed E-state index contributed by atoms with van der Waals surface area (Å²) in [5, 5.41) is 0. The predicted molar refractivity (Wildman–Crippen MR) is 83.2 cm³/mol. The van der Waals surface area contributed by atoms with Crippen LogP contribution in [0.3, 0.4) is 0 Å². The standard InChI is InChI=1S/C17H21NO3/c1-19-15-10-13(11-16(20-2)17(15)21-3)14(18)9-12-7-5-4-6-8-12/h4-8,10-11,14H,9,18H2,1-3H3. The number of nitrogens with two attached hydrogens (primary N) is 1. The van der Waals surface area contributed by atoms with Crippen molar-refractivity contribution in [3.05, 3.63) is 53.6 Å². The smallest absolute Gasteiger partial charge is 0.203 e. The molecule has 0 spiro atoms. The van der Waals surface area contributed by atoms with E-state index in [0.29, 0.717) is 17.2 Å². The lowest BCUT2D eigenvalue weighted by molar-refractivity contribution is 0.323. The second-order valence-corrected chi connectivity index (χ2v) is 4.75. The van der Waals surface area contributed by atoms with Gasteiger partial charge in [-0.1, -0.05) is 30.3 Å². The zero-order valence-corrected chi connectivity index (χ0v) is 12.6. The molecule has 0 fully saturated rings. The Morgan fingerprint density at radius 1 is 0.905 bits per heavy atom. The minimum atomic E-state index is -0.138. The summed E-state index contributed by atoms with van der Waals surface area (Å²) in [5.41, 5.74) is 8.46. The van der Waals surface area contributed by atoms with E-state index < -0.39 is 0 Å². The van der Waals surface area contributed by atoms with E-state index in [9.17, 15) is 0 Å². The highest BCUT2D eigenvalue weighted by atomic mass is 16.5. The molecular weight excluding hydrogens is 266 g/mol. The van der Waals surface area contributed by atoms with Crippen molar-refractivity contribution >= 4 is 0 Å². The highest BCUT2D eigenvalue weighted by Gasteiger charge is 2.16. The van der Waals surface area contributed by atoms with Crippen LogP contribution in [-0.2, 0) is 6.42 Å². The van der Waals surface area contributed by atoms with E-state index in [2.05, 4.69) is 12.1 Å². The molecule has 1 atom stereocenters. The van der Waals surface area contributed by atoms with Crippen molar-refractivity contribution in [1.82, 2.24) is 0 Å². The Kier molecular flexibility index (Phi) is 5.06. The number of hydrogen-bond acceptors (Lipinski definition) is 4. The van der Waals surface area contributed by atoms with E-state index in [-0.39, 0.29) is 6.04 Å². The lowest BCUT2D eigenvalue weighted by Crippen LogP contribution is -2.14. The lowest BCUT2D eigenvalue weighted by Gasteiger charge is -2.17. The van der Waals surface area contributed by atoms with Crippen LogP contribution in [0.1, 0.15) is 17.2 Å². The number of ether oxygens (including phenoxy) is 3. The molecule has 4 heteroatoms. The van der Waals surface area contributed by atoms with Crippen LogP contribution < -0.4 is 19.9 Å². The van der Waals surface area contributed by atoms with Gasteiger partial charge >= 0.3 is 0 Å². The third kappa shape index (κ3) is 3.47. The number of rotatable bonds is 6. The summed E-state index contributed by atoms with van der Waals surface area (Å²) in [4.78, 5) is 0. The number of methoxy groups -OCH3 is 3. The Morgan fingerprint density at radius 2 is 1.48 bits per heavy atom. The topological polar surface area (TPSA) is 53.7 Å². The Bertz CT molecular complexity index is 559. The fourth-order valence-electron chi connectivity index (χ4n) is 2.30. The monoisotopic (exact) mass is 287 g/mol. The minimum Gasteiger partial charge on any atom is -0.493 e. The first kappa shape index (κ1) is 15.2. The number of benzene rings is 2. The minimum absolute atomic E-state index is 0.138. The molecule has 112 valence electrons. The zero-order chi connectivity index (χ0) is 15.2. The molecule has 2 aromatic rings. The van der Waals surface area contributed by atoms with Crippen LogP contribution in [0.2, 0.25) is 0 Å². The van der Waals surface area contributed by atoms with Gasteiger partial charge in [-0.3, -0.25) is 0 Å². The van der Waals surface area contributed by atoms with Crippen LogP contribution in [0.15, 0.2) is 42.5 Å². The molecule has 2 aromatic carbocycles. The number of hydrogen-bond donors (Lipinski definition) is 1. The van der Waals surface area contributed by atoms with E-state index >= 15 is 0 Å². The SMILES string of the molecule is COc1cc(C(N)Cc2ccccc2)cc(OC)c1OC. The first-order valence-corrected chi connectivity index (χ1v) is 6.79. The molecule has 0 aromatic heterocycles. The highest BCUT2D eigenvalue weighted by Crippen LogP contribution is 2.39. The zero-order valence-electron chi connectivity index (χ0n) is 12.6. The molecule has 0 saturated carbocycles. The molecule has 0 radical (unpaired) electrons. The van der Waals surface area contributed by atoms with Crippen LogP contribution in [0.4, 0.5) is 0 Å². The first-order valence-electron chi connectivity index (χ1n) is 6.79. The van der Waals surface area contributed by atoms with Crippen molar-refractivity contribution < 1.29 is 14.2 Å². The van der Waals surface area contributed by atoms with Gasteiger partial charge in [-0.25, -0.2) is 0 Å². The summed E-state index contributed by atoms with van der Waals surface area (Å²) < 4.78 is 16.0. The second kappa shape index (κ2) is 6.99. The van der Waals surface area contributed by atoms with Crippen molar-refractivity contribution in [2.75, 3.05) is 21.3 Å². The average molecular weight is 287 g/mol. The van der Waals surface area contributed by atoms with Gasteiger partial charge in [0.05, 0.1) is 21.3 Å². The van der Waals surface area contributed by atoms with Crippen molar-refractivity contribution in [1.29, 1.82) is 0 Å². The van der Waals surface area contributed by atoms with Crippen LogP contribution in [0.25, 0.3) is 0 Å². The maximum absolute atomic E-state index is 6.31. The molecule has 0 heterocycles. The van der Waals surface area contributed by atoms with E-state index in [1.54, 1.807) is 21.3 Å². The Labute approximate surface area is 125 Å². The van der Waals surface area contributed by atoms with E-state index in [1.165, 1.54) is 5.56 Å². The van der Waals surface area contributed by atoms with Crippen molar-refractivity contribution in [3.8, 4) is 17.2 Å². The maximum atomic E-state index is 6.31. The summed E-state index contributed by atoms with van der Waals surface area (Å²) in [6.07, 6.45) is 0.749. The van der Waals surface area contributed by atoms with Crippen molar-refractivity contribution in [3.63, 3.8) is 0 Å². The van der Waals surface area contributed by atoms with E-state index in [0.717, 1.165) is 12.0 Å². The van der Waals surface area contributed by atoms with Gasteiger partial charge in [0.2, 0.25) is 5.75 Å². The largest absolute Gasteiger partial charge is 0.493 e. The Morgan fingerprint density at radius 3 is 1.95 bits per heavy atom. The van der Waals surface area contributed by atoms with Crippen LogP contribution in [-0.4, -0.2) is 21.3 Å². The lowest BCUT2D eigenvalue weighted by atomic mass is 9.99. The molecule has 21 heavy (non-hydrogen) atoms. The average Bonchev–Trinajstić information content (AvgIpc) is 2.54. The summed E-state index contributed by atoms with van der Waals surface area (Å²) in [6, 6.07) is 13.8. The van der Waals surface area contributed by atoms with Crippen LogP contribution >= 0.6 is 0 Å². The molecule has 0 aliphatic rings. The molecule has 4 nitrogen and oxygen atoms in total. The molecular formula is C17H21NO3. The maximum Gasteiger partial charge on any atom is 0.203 e. The molecule has 0 aliphatic carbocycles. The molecule has 0 aliphatic heterocycles. The highest BCUT2D eigenvalue weighted by molar-refractivity contribution is 5.54. The van der Waals surface area contributed by atoms with Crippen molar-refractivity contribution in [2.45, 2.75) is 12.5 Å². The second-order valence-electron chi connectivity index (χ2n) is 4.75. The summed E-state index contributed by atoms with van der Waals surface area (Å²) in [5.74, 6) is 1.82. The van der Waals surface area contributed by atoms with Gasteiger partial charge in [0.1, 0.15) is 0 Å². The normalized spacial score (nSPS) is 11.8. The van der Waals surface area contributed by atoms with Crippen LogP contribution in [0, 0.1) is 0 Å². The third-order valence-electron chi connectivity index (χ3n) is 3.41. The van der Waals surface area contributed by atoms with Gasteiger partial charge < -0.3 is 19.9 Å².